The molecule has 9 heteroatoms. The summed E-state index contributed by atoms with van der Waals surface area (Å²) in [6.07, 6.45) is 1.49. The van der Waals surface area contributed by atoms with Gasteiger partial charge in [-0.3, -0.25) is 10.7 Å². The summed E-state index contributed by atoms with van der Waals surface area (Å²) in [6.45, 7) is 3.87. The van der Waals surface area contributed by atoms with E-state index in [2.05, 4.69) is 10.7 Å². The van der Waals surface area contributed by atoms with Crippen LogP contribution in [0.5, 0.6) is 11.5 Å². The molecule has 34 heavy (non-hydrogen) atoms. The Bertz CT molecular complexity index is 1240. The van der Waals surface area contributed by atoms with Crippen molar-refractivity contribution in [3.05, 3.63) is 75.2 Å². The van der Waals surface area contributed by atoms with Crippen LogP contribution in [0, 0.1) is 4.91 Å². The first-order valence-corrected chi connectivity index (χ1v) is 10.8. The highest BCUT2D eigenvalue weighted by Gasteiger charge is 2.27. The van der Waals surface area contributed by atoms with E-state index in [-0.39, 0.29) is 11.4 Å². The fourth-order valence-electron chi connectivity index (χ4n) is 3.65. The molecule has 0 spiro atoms. The number of fused-ring (bicyclic) bond motifs is 1. The van der Waals surface area contributed by atoms with Crippen molar-refractivity contribution in [1.82, 2.24) is 0 Å². The number of ether oxygens (including phenoxy) is 3. The molecule has 0 aliphatic carbocycles. The number of hydrogen-bond acceptors (Lipinski definition) is 8. The number of allylic oxidation sites excluding steroid dienone is 1. The average molecular weight is 485 g/mol. The summed E-state index contributed by atoms with van der Waals surface area (Å²) < 4.78 is 17.2. The van der Waals surface area contributed by atoms with Gasteiger partial charge in [-0.1, -0.05) is 23.3 Å². The van der Waals surface area contributed by atoms with E-state index in [0.717, 1.165) is 5.57 Å². The van der Waals surface area contributed by atoms with Crippen LogP contribution in [-0.4, -0.2) is 25.4 Å². The van der Waals surface area contributed by atoms with Crippen molar-refractivity contribution in [2.75, 3.05) is 19.7 Å². The SMILES string of the molecule is COc1cc([C@H](CC=C(C)C)OC(=O)c2ccc(Cl)cc2)c(OC)c2c(N=O)ccc(NO)c12. The normalized spacial score (nSPS) is 11.5. The first kappa shape index (κ1) is 25.0. The number of benzene rings is 3. The second-order valence-corrected chi connectivity index (χ2v) is 8.14. The molecular formula is C25H25ClN2O6. The molecule has 0 heterocycles. The Morgan fingerprint density at radius 3 is 2.38 bits per heavy atom. The molecular weight excluding hydrogens is 460 g/mol. The molecule has 0 fully saturated rings. The molecule has 0 unspecified atom stereocenters. The first-order valence-electron chi connectivity index (χ1n) is 10.4. The third kappa shape index (κ3) is 5.13. The van der Waals surface area contributed by atoms with Crippen LogP contribution in [0.15, 0.2) is 59.3 Å². The first-order chi connectivity index (χ1) is 16.3. The maximum atomic E-state index is 13.0. The number of carbonyl (C=O) groups is 1. The average Bonchev–Trinajstić information content (AvgIpc) is 2.84. The molecule has 0 saturated carbocycles. The van der Waals surface area contributed by atoms with E-state index < -0.39 is 12.1 Å². The van der Waals surface area contributed by atoms with E-state index in [9.17, 15) is 14.9 Å². The van der Waals surface area contributed by atoms with Crippen molar-refractivity contribution >= 4 is 39.7 Å². The molecule has 3 aromatic rings. The molecule has 8 nitrogen and oxygen atoms in total. The number of methoxy groups -OCH3 is 2. The molecule has 0 radical (unpaired) electrons. The van der Waals surface area contributed by atoms with Gasteiger partial charge >= 0.3 is 5.97 Å². The van der Waals surface area contributed by atoms with E-state index in [1.54, 1.807) is 30.3 Å². The Morgan fingerprint density at radius 2 is 1.82 bits per heavy atom. The molecule has 2 N–H and O–H groups in total. The summed E-state index contributed by atoms with van der Waals surface area (Å²) in [6, 6.07) is 11.0. The number of nitrogens with zero attached hydrogens (tertiary/aromatic N) is 1. The molecule has 178 valence electrons. The number of carbonyl (C=O) groups excluding carboxylic acids is 1. The lowest BCUT2D eigenvalue weighted by Crippen LogP contribution is -2.13. The van der Waals surface area contributed by atoms with Crippen LogP contribution in [0.1, 0.15) is 42.3 Å². The number of nitrogens with one attached hydrogen (secondary N) is 1. The largest absolute Gasteiger partial charge is 0.496 e. The molecule has 0 aliphatic heterocycles. The van der Waals surface area contributed by atoms with Gasteiger partial charge in [0, 0.05) is 17.0 Å². The van der Waals surface area contributed by atoms with Crippen LogP contribution in [-0.2, 0) is 4.74 Å². The highest BCUT2D eigenvalue weighted by Crippen LogP contribution is 2.48. The Hall–Kier alpha value is -3.62. The number of anilines is 1. The number of hydrogen-bond donors (Lipinski definition) is 2. The quantitative estimate of drug-likeness (QED) is 0.146. The summed E-state index contributed by atoms with van der Waals surface area (Å²) in [4.78, 5) is 24.6. The smallest absolute Gasteiger partial charge is 0.338 e. The summed E-state index contributed by atoms with van der Waals surface area (Å²) in [5, 5.41) is 14.0. The molecule has 0 saturated heterocycles. The van der Waals surface area contributed by atoms with Gasteiger partial charge in [-0.15, -0.1) is 4.91 Å². The Kier molecular flexibility index (Phi) is 8.09. The van der Waals surface area contributed by atoms with E-state index in [0.29, 0.717) is 44.8 Å². The van der Waals surface area contributed by atoms with Crippen LogP contribution in [0.2, 0.25) is 5.02 Å². The van der Waals surface area contributed by atoms with Gasteiger partial charge in [0.05, 0.1) is 36.2 Å². The van der Waals surface area contributed by atoms with Crippen LogP contribution in [0.4, 0.5) is 11.4 Å². The van der Waals surface area contributed by atoms with Gasteiger partial charge in [-0.2, -0.15) is 0 Å². The van der Waals surface area contributed by atoms with Gasteiger partial charge in [0.2, 0.25) is 0 Å². The van der Waals surface area contributed by atoms with Gasteiger partial charge in [0.1, 0.15) is 23.3 Å². The third-order valence-electron chi connectivity index (χ3n) is 5.26. The minimum atomic E-state index is -0.781. The maximum Gasteiger partial charge on any atom is 0.338 e. The minimum absolute atomic E-state index is 0.0796. The zero-order valence-electron chi connectivity index (χ0n) is 19.2. The fourth-order valence-corrected chi connectivity index (χ4v) is 3.78. The molecule has 0 amide bonds. The van der Waals surface area contributed by atoms with Crippen molar-refractivity contribution in [3.8, 4) is 11.5 Å². The summed E-state index contributed by atoms with van der Waals surface area (Å²) in [7, 11) is 2.90. The van der Waals surface area contributed by atoms with E-state index in [1.165, 1.54) is 26.4 Å². The highest BCUT2D eigenvalue weighted by atomic mass is 35.5. The van der Waals surface area contributed by atoms with Gasteiger partial charge in [0.15, 0.2) is 0 Å². The van der Waals surface area contributed by atoms with Crippen LogP contribution in [0.3, 0.4) is 0 Å². The van der Waals surface area contributed by atoms with Crippen molar-refractivity contribution in [1.29, 1.82) is 0 Å². The Morgan fingerprint density at radius 1 is 1.12 bits per heavy atom. The van der Waals surface area contributed by atoms with Crippen LogP contribution in [0.25, 0.3) is 10.8 Å². The second kappa shape index (κ2) is 11.0. The van der Waals surface area contributed by atoms with Gasteiger partial charge < -0.3 is 14.2 Å². The van der Waals surface area contributed by atoms with Crippen molar-refractivity contribution in [2.45, 2.75) is 26.4 Å². The molecule has 0 aliphatic rings. The van der Waals surface area contributed by atoms with Crippen LogP contribution < -0.4 is 15.0 Å². The number of rotatable bonds is 9. The molecule has 1 atom stereocenters. The minimum Gasteiger partial charge on any atom is -0.496 e. The zero-order valence-corrected chi connectivity index (χ0v) is 20.0. The van der Waals surface area contributed by atoms with Gasteiger partial charge in [-0.05, 0) is 61.5 Å². The van der Waals surface area contributed by atoms with Gasteiger partial charge in [-0.25, -0.2) is 4.79 Å². The number of nitroso groups, excluding NO2 is 1. The number of halogens is 1. The monoisotopic (exact) mass is 484 g/mol. The number of esters is 1. The predicted molar refractivity (Wildman–Crippen MR) is 132 cm³/mol. The second-order valence-electron chi connectivity index (χ2n) is 7.70. The summed E-state index contributed by atoms with van der Waals surface area (Å²) in [5.74, 6) is 0.0561. The van der Waals surface area contributed by atoms with Gasteiger partial charge in [0.25, 0.3) is 0 Å². The molecule has 3 aromatic carbocycles. The lowest BCUT2D eigenvalue weighted by molar-refractivity contribution is 0.0298. The van der Waals surface area contributed by atoms with Crippen LogP contribution >= 0.6 is 11.6 Å². The van der Waals surface area contributed by atoms with Crippen molar-refractivity contribution in [2.24, 2.45) is 5.18 Å². The Labute approximate surface area is 202 Å². The van der Waals surface area contributed by atoms with E-state index in [4.69, 9.17) is 25.8 Å². The van der Waals surface area contributed by atoms with E-state index >= 15 is 0 Å². The Balaban J connectivity index is 2.24. The lowest BCUT2D eigenvalue weighted by atomic mass is 9.96. The topological polar surface area (TPSA) is 106 Å². The summed E-state index contributed by atoms with van der Waals surface area (Å²) >= 11 is 5.94. The standard InChI is InChI=1S/C25H25ClN2O6/c1-14(2)5-12-20(34-25(29)15-6-8-16(26)9-7-15)17-13-21(32-3)22-18(27-30)10-11-19(28-31)23(22)24(17)33-4/h5-11,13,20,27,30H,12H2,1-4H3/t20-/m0/s1. The maximum absolute atomic E-state index is 13.0. The molecule has 0 bridgehead atoms. The summed E-state index contributed by atoms with van der Waals surface area (Å²) in [5.41, 5.74) is 4.32. The lowest BCUT2D eigenvalue weighted by Gasteiger charge is -2.23. The van der Waals surface area contributed by atoms with Crippen molar-refractivity contribution in [3.63, 3.8) is 0 Å². The highest BCUT2D eigenvalue weighted by molar-refractivity contribution is 6.30. The molecule has 0 aromatic heterocycles. The van der Waals surface area contributed by atoms with E-state index in [1.807, 2.05) is 19.9 Å². The predicted octanol–water partition coefficient (Wildman–Crippen LogP) is 6.96. The fraction of sp³-hybridized carbons (Fsp3) is 0.240. The van der Waals surface area contributed by atoms with Crippen molar-refractivity contribution < 1.29 is 24.2 Å². The third-order valence-corrected chi connectivity index (χ3v) is 5.52. The molecule has 3 rings (SSSR count). The zero-order chi connectivity index (χ0) is 24.8.